The summed E-state index contributed by atoms with van der Waals surface area (Å²) in [6.45, 7) is 4.77. The van der Waals surface area contributed by atoms with Crippen molar-refractivity contribution >= 4 is 11.8 Å². The zero-order chi connectivity index (χ0) is 19.7. The Bertz CT molecular complexity index is 743. The average Bonchev–Trinajstić information content (AvgIpc) is 3.43. The van der Waals surface area contributed by atoms with Crippen molar-refractivity contribution in [1.82, 2.24) is 9.80 Å². The molecule has 6 heteroatoms. The number of likely N-dealkylation sites (tertiary alicyclic amines) is 1. The molecular formula is C22H29FN2O3. The van der Waals surface area contributed by atoms with E-state index in [1.165, 1.54) is 6.07 Å². The second kappa shape index (κ2) is 8.19. The van der Waals surface area contributed by atoms with Gasteiger partial charge in [0.25, 0.3) is 0 Å². The molecule has 0 bridgehead atoms. The molecule has 1 unspecified atom stereocenters. The van der Waals surface area contributed by atoms with Crippen LogP contribution in [0.1, 0.15) is 49.1 Å². The summed E-state index contributed by atoms with van der Waals surface area (Å²) < 4.78 is 19.0. The van der Waals surface area contributed by atoms with Crippen molar-refractivity contribution in [2.45, 2.75) is 51.0 Å². The van der Waals surface area contributed by atoms with Crippen molar-refractivity contribution in [2.24, 2.45) is 5.92 Å². The van der Waals surface area contributed by atoms with Gasteiger partial charge in [-0.2, -0.15) is 0 Å². The second-order valence-electron chi connectivity index (χ2n) is 8.34. The number of ether oxygens (including phenoxy) is 1. The predicted molar refractivity (Wildman–Crippen MR) is 103 cm³/mol. The van der Waals surface area contributed by atoms with E-state index in [-0.39, 0.29) is 29.6 Å². The minimum absolute atomic E-state index is 0.0583. The van der Waals surface area contributed by atoms with Gasteiger partial charge in [0, 0.05) is 26.1 Å². The van der Waals surface area contributed by atoms with Crippen LogP contribution in [-0.2, 0) is 14.3 Å². The zero-order valence-electron chi connectivity index (χ0n) is 16.5. The van der Waals surface area contributed by atoms with E-state index >= 15 is 0 Å². The molecule has 2 heterocycles. The van der Waals surface area contributed by atoms with Gasteiger partial charge in [0.15, 0.2) is 0 Å². The lowest BCUT2D eigenvalue weighted by Crippen LogP contribution is -2.51. The number of benzene rings is 1. The second-order valence-corrected chi connectivity index (χ2v) is 8.34. The molecule has 0 spiro atoms. The highest BCUT2D eigenvalue weighted by atomic mass is 19.1. The van der Waals surface area contributed by atoms with E-state index in [1.807, 2.05) is 17.0 Å². The van der Waals surface area contributed by atoms with Crippen molar-refractivity contribution < 1.29 is 18.7 Å². The molecule has 1 saturated carbocycles. The highest BCUT2D eigenvalue weighted by molar-refractivity contribution is 5.88. The van der Waals surface area contributed by atoms with Gasteiger partial charge in [0.2, 0.25) is 11.8 Å². The third-order valence-electron chi connectivity index (χ3n) is 6.38. The van der Waals surface area contributed by atoms with Crippen LogP contribution in [0.4, 0.5) is 4.39 Å². The monoisotopic (exact) mass is 388 g/mol. The average molecular weight is 388 g/mol. The lowest BCUT2D eigenvalue weighted by atomic mass is 9.89. The zero-order valence-corrected chi connectivity index (χ0v) is 16.5. The first-order chi connectivity index (χ1) is 13.5. The van der Waals surface area contributed by atoms with E-state index in [0.29, 0.717) is 50.8 Å². The maximum atomic E-state index is 13.7. The molecule has 5 nitrogen and oxygen atoms in total. The lowest BCUT2D eigenvalue weighted by molar-refractivity contribution is -0.146. The summed E-state index contributed by atoms with van der Waals surface area (Å²) in [5, 5.41) is 0. The normalized spacial score (nSPS) is 23.7. The van der Waals surface area contributed by atoms with Gasteiger partial charge in [-0.1, -0.05) is 12.1 Å². The third kappa shape index (κ3) is 4.07. The van der Waals surface area contributed by atoms with E-state index in [9.17, 15) is 14.0 Å². The van der Waals surface area contributed by atoms with Gasteiger partial charge in [-0.3, -0.25) is 9.59 Å². The molecule has 0 N–H and O–H groups in total. The van der Waals surface area contributed by atoms with Crippen LogP contribution in [0, 0.1) is 18.7 Å². The van der Waals surface area contributed by atoms with Gasteiger partial charge in [-0.05, 0) is 61.6 Å². The fraction of sp³-hybridized carbons (Fsp3) is 0.636. The van der Waals surface area contributed by atoms with Crippen LogP contribution >= 0.6 is 0 Å². The fourth-order valence-corrected chi connectivity index (χ4v) is 4.58. The molecule has 0 radical (unpaired) electrons. The molecule has 3 fully saturated rings. The number of carbonyl (C=O) groups excluding carboxylic acids is 2. The highest BCUT2D eigenvalue weighted by Gasteiger charge is 2.40. The minimum Gasteiger partial charge on any atom is -0.378 e. The molecule has 2 amide bonds. The number of amides is 2. The Hall–Kier alpha value is -1.95. The summed E-state index contributed by atoms with van der Waals surface area (Å²) in [6, 6.07) is 4.87. The predicted octanol–water partition coefficient (Wildman–Crippen LogP) is 2.87. The van der Waals surface area contributed by atoms with Gasteiger partial charge in [0.05, 0.1) is 13.2 Å². The molecule has 152 valence electrons. The Kier molecular flexibility index (Phi) is 5.67. The maximum absolute atomic E-state index is 13.7. The van der Waals surface area contributed by atoms with Crippen LogP contribution in [0.25, 0.3) is 0 Å². The van der Waals surface area contributed by atoms with Crippen LogP contribution in [0.15, 0.2) is 18.2 Å². The number of aryl methyl sites for hydroxylation is 1. The highest BCUT2D eigenvalue weighted by Crippen LogP contribution is 2.45. The molecule has 0 aromatic heterocycles. The van der Waals surface area contributed by atoms with E-state index in [1.54, 1.807) is 11.8 Å². The summed E-state index contributed by atoms with van der Waals surface area (Å²) >= 11 is 0. The summed E-state index contributed by atoms with van der Waals surface area (Å²) in [6.07, 6.45) is 4.25. The first kappa shape index (κ1) is 19.4. The number of nitrogens with zero attached hydrogens (tertiary/aromatic N) is 2. The molecule has 1 aliphatic carbocycles. The molecule has 4 rings (SSSR count). The number of hydrogen-bond donors (Lipinski definition) is 0. The Morgan fingerprint density at radius 3 is 2.61 bits per heavy atom. The topological polar surface area (TPSA) is 49.9 Å². The molecule has 28 heavy (non-hydrogen) atoms. The summed E-state index contributed by atoms with van der Waals surface area (Å²) in [5.41, 5.74) is 1.67. The van der Waals surface area contributed by atoms with Gasteiger partial charge in [-0.25, -0.2) is 4.39 Å². The Labute approximate surface area is 165 Å². The van der Waals surface area contributed by atoms with Gasteiger partial charge in [-0.15, -0.1) is 0 Å². The third-order valence-corrected chi connectivity index (χ3v) is 6.38. The van der Waals surface area contributed by atoms with Crippen LogP contribution in [-0.4, -0.2) is 60.5 Å². The standard InChI is InChI=1S/C22H29FN2O3/c1-15-13-17(6-7-19(15)23)18(16-4-5-16)14-21(26)25-8-2-3-20(25)22(27)24-9-11-28-12-10-24/h6-7,13,16,18,20H,2-5,8-12,14H2,1H3/t18?,20-/m1/s1. The number of halogens is 1. The first-order valence-corrected chi connectivity index (χ1v) is 10.5. The molecule has 3 aliphatic rings. The fourth-order valence-electron chi connectivity index (χ4n) is 4.58. The molecule has 2 aliphatic heterocycles. The van der Waals surface area contributed by atoms with Crippen LogP contribution in [0.3, 0.4) is 0 Å². The van der Waals surface area contributed by atoms with Crippen LogP contribution < -0.4 is 0 Å². The maximum Gasteiger partial charge on any atom is 0.245 e. The van der Waals surface area contributed by atoms with Crippen molar-refractivity contribution in [1.29, 1.82) is 0 Å². The summed E-state index contributed by atoms with van der Waals surface area (Å²) in [4.78, 5) is 29.7. The molecular weight excluding hydrogens is 359 g/mol. The van der Waals surface area contributed by atoms with Gasteiger partial charge < -0.3 is 14.5 Å². The first-order valence-electron chi connectivity index (χ1n) is 10.5. The molecule has 2 atom stereocenters. The van der Waals surface area contributed by atoms with Gasteiger partial charge >= 0.3 is 0 Å². The Morgan fingerprint density at radius 1 is 1.18 bits per heavy atom. The van der Waals surface area contributed by atoms with Crippen molar-refractivity contribution in [3.63, 3.8) is 0 Å². The van der Waals surface area contributed by atoms with Gasteiger partial charge in [0.1, 0.15) is 11.9 Å². The van der Waals surface area contributed by atoms with Crippen LogP contribution in [0.5, 0.6) is 0 Å². The van der Waals surface area contributed by atoms with E-state index in [4.69, 9.17) is 4.74 Å². The summed E-state index contributed by atoms with van der Waals surface area (Å²) in [7, 11) is 0. The van der Waals surface area contributed by atoms with E-state index in [0.717, 1.165) is 31.2 Å². The SMILES string of the molecule is Cc1cc(C(CC(=O)N2CCC[C@@H]2C(=O)N2CCOCC2)C2CC2)ccc1F. The Balaban J connectivity index is 1.46. The molecule has 1 aromatic carbocycles. The minimum atomic E-state index is -0.333. The molecule has 2 saturated heterocycles. The Morgan fingerprint density at radius 2 is 1.93 bits per heavy atom. The smallest absolute Gasteiger partial charge is 0.245 e. The lowest BCUT2D eigenvalue weighted by Gasteiger charge is -2.33. The number of hydrogen-bond acceptors (Lipinski definition) is 3. The quantitative estimate of drug-likeness (QED) is 0.779. The number of rotatable bonds is 5. The molecule has 1 aromatic rings. The van der Waals surface area contributed by atoms with Crippen molar-refractivity contribution in [3.05, 3.63) is 35.1 Å². The number of carbonyl (C=O) groups is 2. The van der Waals surface area contributed by atoms with E-state index in [2.05, 4.69) is 0 Å². The summed E-state index contributed by atoms with van der Waals surface area (Å²) in [5.74, 6) is 0.523. The largest absolute Gasteiger partial charge is 0.378 e. The number of morpholine rings is 1. The van der Waals surface area contributed by atoms with Crippen molar-refractivity contribution in [3.8, 4) is 0 Å². The van der Waals surface area contributed by atoms with E-state index < -0.39 is 0 Å². The van der Waals surface area contributed by atoms with Crippen LogP contribution in [0.2, 0.25) is 0 Å². The van der Waals surface area contributed by atoms with Crippen molar-refractivity contribution in [2.75, 3.05) is 32.8 Å².